The Balaban J connectivity index is 0.000000303. The summed E-state index contributed by atoms with van der Waals surface area (Å²) in [6, 6.07) is 49.5. The molecule has 0 unspecified atom stereocenters. The fourth-order valence-electron chi connectivity index (χ4n) is 12.1. The summed E-state index contributed by atoms with van der Waals surface area (Å²) >= 11 is 0. The van der Waals surface area contributed by atoms with Crippen molar-refractivity contribution in [2.75, 3.05) is 113 Å². The zero-order chi connectivity index (χ0) is 108. The normalized spacial score (nSPS) is 10.2. The Morgan fingerprint density at radius 3 is 0.597 bits per heavy atom. The standard InChI is InChI=1S/C39H42O13.C37H38O12.C36H36O12/c1-4-35(40)48-23-9-7-21-46-30-15-11-28(12-16-30)37(42)51-32-19-20-34(33(27-32)39(44)50-26-25-45-6-3)52-38(43)29-13-17-31(18-14-29)47-22-8-10-24-49-36(41)5-2;1-4-33(38)46-23-9-7-21-44-28-15-11-26(12-16-28)35(40)48-30-19-20-32(31(25-30)37(42)43-6-3)49-36(41)27-13-17-29(18-14-27)45-22-8-10-24-47-34(39)5-2;1-4-32(37)45-22-8-6-20-43-27-14-10-25(11-15-27)34(39)47-29-18-19-31(30(24-29)36(41)42-3)48-35(40)26-12-16-28(17-13-26)44-21-7-9-23-46-33(38)5-2/h4-5,11-20,27H,1-2,6-10,21-26H2,3H3;4-5,11-20,25H,1-2,6-10,21-24H2,3H3;4-5,10-19,24H,1-2,6-9,20-23H2,3H3. The number of rotatable bonds is 62. The molecule has 786 valence electrons. The summed E-state index contributed by atoms with van der Waals surface area (Å²) in [5, 5.41) is 0. The third kappa shape index (κ3) is 45.0. The number of benzene rings is 9. The second kappa shape index (κ2) is 67.7. The van der Waals surface area contributed by atoms with Gasteiger partial charge in [0.25, 0.3) is 0 Å². The lowest BCUT2D eigenvalue weighted by Gasteiger charge is -2.13. The van der Waals surface area contributed by atoms with Gasteiger partial charge in [0.1, 0.15) is 92.3 Å². The van der Waals surface area contributed by atoms with Crippen molar-refractivity contribution in [3.05, 3.63) is 326 Å². The summed E-state index contributed by atoms with van der Waals surface area (Å²) in [5.41, 5.74) is 0.908. The van der Waals surface area contributed by atoms with Crippen molar-refractivity contribution in [1.82, 2.24) is 0 Å². The van der Waals surface area contributed by atoms with Gasteiger partial charge in [0.2, 0.25) is 0 Å². The SMILES string of the molecule is C=CC(=O)OCCCCOc1ccc(C(=O)Oc2ccc(OC(=O)c3ccc(OCCCCOC(=O)C=C)cc3)c(C(=O)OC)c2)cc1.C=CC(=O)OCCCCOc1ccc(C(=O)Oc2ccc(OC(=O)c3ccc(OCCCCOC(=O)C=C)cc3)c(C(=O)OCC)c2)cc1.C=CC(=O)OCCCCOc1ccc(C(=O)Oc2ccc(OC(=O)c3ccc(OCCCCOC(=O)C=C)cc3)c(C(=O)OCCOCC)c2)cc1. The van der Waals surface area contributed by atoms with Gasteiger partial charge in [0, 0.05) is 43.1 Å². The molecular weight excluding hydrogens is 1940 g/mol. The van der Waals surface area contributed by atoms with Crippen molar-refractivity contribution in [3.63, 3.8) is 0 Å². The van der Waals surface area contributed by atoms with E-state index in [-0.39, 0.29) is 144 Å². The number of ether oxygens (including phenoxy) is 22. The first-order valence-corrected chi connectivity index (χ1v) is 47.1. The molecule has 9 aromatic carbocycles. The van der Waals surface area contributed by atoms with Gasteiger partial charge in [-0.3, -0.25) is 0 Å². The Morgan fingerprint density at radius 2 is 0.396 bits per heavy atom. The van der Waals surface area contributed by atoms with E-state index in [1.165, 1.54) is 135 Å². The molecule has 0 aliphatic carbocycles. The van der Waals surface area contributed by atoms with Crippen LogP contribution in [-0.2, 0) is 76.1 Å². The van der Waals surface area contributed by atoms with Gasteiger partial charge in [-0.1, -0.05) is 39.5 Å². The van der Waals surface area contributed by atoms with Crippen LogP contribution in [0.2, 0.25) is 0 Å². The fourth-order valence-corrected chi connectivity index (χ4v) is 12.1. The average Bonchev–Trinajstić information content (AvgIpc) is 0.825. The van der Waals surface area contributed by atoms with E-state index >= 15 is 0 Å². The minimum Gasteiger partial charge on any atom is -0.494 e. The lowest BCUT2D eigenvalue weighted by atomic mass is 10.1. The number of methoxy groups -OCH3 is 1. The maximum Gasteiger partial charge on any atom is 0.343 e. The van der Waals surface area contributed by atoms with E-state index in [1.54, 1.807) is 86.6 Å². The van der Waals surface area contributed by atoms with Crippen LogP contribution < -0.4 is 56.8 Å². The van der Waals surface area contributed by atoms with E-state index in [9.17, 15) is 71.9 Å². The molecule has 149 heavy (non-hydrogen) atoms. The van der Waals surface area contributed by atoms with Crippen molar-refractivity contribution in [1.29, 1.82) is 0 Å². The molecule has 0 saturated carbocycles. The minimum absolute atomic E-state index is 0.0133. The summed E-state index contributed by atoms with van der Waals surface area (Å²) in [4.78, 5) is 182. The molecule has 0 aliphatic heterocycles. The van der Waals surface area contributed by atoms with Gasteiger partial charge in [-0.25, -0.2) is 71.9 Å². The van der Waals surface area contributed by atoms with E-state index < -0.39 is 89.5 Å². The first-order chi connectivity index (χ1) is 72.2. The first kappa shape index (κ1) is 118. The highest BCUT2D eigenvalue weighted by molar-refractivity contribution is 6.01. The van der Waals surface area contributed by atoms with Gasteiger partial charge >= 0.3 is 89.5 Å². The summed E-state index contributed by atoms with van der Waals surface area (Å²) in [6.45, 7) is 28.0. The van der Waals surface area contributed by atoms with Crippen molar-refractivity contribution < 1.29 is 176 Å². The molecule has 0 N–H and O–H groups in total. The highest BCUT2D eigenvalue weighted by atomic mass is 16.6. The number of unbranched alkanes of at least 4 members (excludes halogenated alkanes) is 6. The van der Waals surface area contributed by atoms with E-state index in [0.717, 1.165) is 36.5 Å². The summed E-state index contributed by atoms with van der Waals surface area (Å²) < 4.78 is 117. The highest BCUT2D eigenvalue weighted by Gasteiger charge is 2.26. The number of hydrogen-bond donors (Lipinski definition) is 0. The Hall–Kier alpha value is -17.8. The molecule has 0 aromatic heterocycles. The lowest BCUT2D eigenvalue weighted by molar-refractivity contribution is -0.138. The molecule has 0 fully saturated rings. The van der Waals surface area contributed by atoms with Gasteiger partial charge in [-0.15, -0.1) is 0 Å². The minimum atomic E-state index is -0.816. The number of hydrogen-bond acceptors (Lipinski definition) is 37. The number of carbonyl (C=O) groups is 15. The molecule has 9 aromatic rings. The summed E-state index contributed by atoms with van der Waals surface area (Å²) in [7, 11) is 1.17. The second-order valence-corrected chi connectivity index (χ2v) is 30.6. The monoisotopic (exact) mass is 2050 g/mol. The molecule has 0 radical (unpaired) electrons. The van der Waals surface area contributed by atoms with Crippen LogP contribution in [0.1, 0.15) is 184 Å². The van der Waals surface area contributed by atoms with Gasteiger partial charge in [0.15, 0.2) is 0 Å². The quantitative estimate of drug-likeness (QED) is 0.0112. The summed E-state index contributed by atoms with van der Waals surface area (Å²) in [6.07, 6.45) is 14.3. The molecule has 37 nitrogen and oxygen atoms in total. The third-order valence-electron chi connectivity index (χ3n) is 19.7. The Bertz CT molecular complexity index is 5960. The van der Waals surface area contributed by atoms with E-state index in [0.29, 0.717) is 158 Å². The molecule has 0 bridgehead atoms. The molecule has 0 amide bonds. The van der Waals surface area contributed by atoms with Crippen molar-refractivity contribution in [2.45, 2.75) is 90.9 Å². The van der Waals surface area contributed by atoms with E-state index in [1.807, 2.05) is 0 Å². The number of carbonyl (C=O) groups excluding carboxylic acids is 15. The summed E-state index contributed by atoms with van der Waals surface area (Å²) in [5.74, 6) is -6.55. The molecular formula is C112H116O37. The molecule has 9 rings (SSSR count). The molecule has 0 spiro atoms. The maximum absolute atomic E-state index is 13.0. The Labute approximate surface area is 860 Å². The van der Waals surface area contributed by atoms with Crippen molar-refractivity contribution in [3.8, 4) is 69.0 Å². The molecule has 0 saturated heterocycles. The first-order valence-electron chi connectivity index (χ1n) is 47.1. The van der Waals surface area contributed by atoms with E-state index in [2.05, 4.69) is 39.5 Å². The van der Waals surface area contributed by atoms with Crippen molar-refractivity contribution >= 4 is 89.5 Å². The molecule has 37 heteroatoms. The maximum atomic E-state index is 13.0. The van der Waals surface area contributed by atoms with Gasteiger partial charge in [-0.05, 0) is 291 Å². The molecule has 0 aliphatic rings. The smallest absolute Gasteiger partial charge is 0.343 e. The van der Waals surface area contributed by atoms with Crippen LogP contribution in [0.3, 0.4) is 0 Å². The van der Waals surface area contributed by atoms with Crippen LogP contribution >= 0.6 is 0 Å². The molecule has 0 atom stereocenters. The van der Waals surface area contributed by atoms with E-state index in [4.69, 9.17) is 104 Å². The Morgan fingerprint density at radius 1 is 0.201 bits per heavy atom. The second-order valence-electron chi connectivity index (χ2n) is 30.6. The van der Waals surface area contributed by atoms with Gasteiger partial charge < -0.3 is 104 Å². The lowest BCUT2D eigenvalue weighted by Crippen LogP contribution is -2.16. The number of esters is 15. The van der Waals surface area contributed by atoms with Crippen LogP contribution in [0.15, 0.2) is 276 Å². The van der Waals surface area contributed by atoms with Gasteiger partial charge in [0.05, 0.1) is 133 Å². The van der Waals surface area contributed by atoms with Crippen LogP contribution in [0, 0.1) is 0 Å². The predicted molar refractivity (Wildman–Crippen MR) is 537 cm³/mol. The third-order valence-corrected chi connectivity index (χ3v) is 19.7. The van der Waals surface area contributed by atoms with Crippen molar-refractivity contribution in [2.24, 2.45) is 0 Å². The zero-order valence-corrected chi connectivity index (χ0v) is 82.7. The molecule has 0 heterocycles. The van der Waals surface area contributed by atoms with Crippen LogP contribution in [0.5, 0.6) is 69.0 Å². The fraction of sp³-hybridized carbons (Fsp3) is 0.277. The van der Waals surface area contributed by atoms with Gasteiger partial charge in [-0.2, -0.15) is 0 Å². The average molecular weight is 2050 g/mol. The highest BCUT2D eigenvalue weighted by Crippen LogP contribution is 2.33. The zero-order valence-electron chi connectivity index (χ0n) is 82.7. The Kier molecular flexibility index (Phi) is 53.7. The topological polar surface area (TPSA) is 459 Å². The van der Waals surface area contributed by atoms with Crippen LogP contribution in [0.4, 0.5) is 0 Å². The van der Waals surface area contributed by atoms with Crippen LogP contribution in [0.25, 0.3) is 0 Å². The predicted octanol–water partition coefficient (Wildman–Crippen LogP) is 17.9. The largest absolute Gasteiger partial charge is 0.494 e. The van der Waals surface area contributed by atoms with Crippen LogP contribution in [-0.4, -0.2) is 202 Å².